The van der Waals surface area contributed by atoms with E-state index >= 15 is 0 Å². The fourth-order valence-corrected chi connectivity index (χ4v) is 6.17. The van der Waals surface area contributed by atoms with Crippen LogP contribution in [0.5, 0.6) is 0 Å². The van der Waals surface area contributed by atoms with Crippen LogP contribution in [0.25, 0.3) is 0 Å². The Morgan fingerprint density at radius 3 is 2.09 bits per heavy atom. The van der Waals surface area contributed by atoms with Crippen LogP contribution in [0, 0.1) is 5.82 Å². The van der Waals surface area contributed by atoms with Crippen molar-refractivity contribution in [3.8, 4) is 0 Å². The number of likely N-dealkylation sites (N-methyl/N-ethyl adjacent to an activating group) is 1. The van der Waals surface area contributed by atoms with Crippen LogP contribution in [0.1, 0.15) is 23.6 Å². The van der Waals surface area contributed by atoms with Crippen molar-refractivity contribution in [2.75, 3.05) is 17.4 Å². The highest BCUT2D eigenvalue weighted by Gasteiger charge is 2.36. The molecule has 0 aliphatic heterocycles. The fraction of sp³-hybridized carbons (Fsp3) is 0.212. The van der Waals surface area contributed by atoms with Gasteiger partial charge in [0.1, 0.15) is 18.4 Å². The number of benzene rings is 4. The van der Waals surface area contributed by atoms with Gasteiger partial charge in [-0.1, -0.05) is 72.8 Å². The Balaban J connectivity index is 1.84. The SMILES string of the molecule is CCNC(=O)[C@H](Cc1ccccc1)N(Cc1ccccc1F)C(=O)CN(c1cccc(C(F)(F)F)c1)S(=O)(=O)c1ccccc1. The molecule has 0 spiro atoms. The first kappa shape index (κ1) is 33.2. The molecule has 0 heterocycles. The van der Waals surface area contributed by atoms with Crippen LogP contribution in [0.15, 0.2) is 114 Å². The van der Waals surface area contributed by atoms with Gasteiger partial charge in [0.2, 0.25) is 11.8 Å². The van der Waals surface area contributed by atoms with Gasteiger partial charge in [-0.2, -0.15) is 13.2 Å². The third-order valence-electron chi connectivity index (χ3n) is 6.99. The van der Waals surface area contributed by atoms with Crippen molar-refractivity contribution in [1.82, 2.24) is 10.2 Å². The lowest BCUT2D eigenvalue weighted by molar-refractivity contribution is -0.140. The van der Waals surface area contributed by atoms with E-state index in [1.165, 1.54) is 42.5 Å². The maximum absolute atomic E-state index is 14.9. The van der Waals surface area contributed by atoms with Crippen LogP contribution in [-0.2, 0) is 38.8 Å². The summed E-state index contributed by atoms with van der Waals surface area (Å²) in [5.74, 6) is -2.15. The van der Waals surface area contributed by atoms with Gasteiger partial charge < -0.3 is 10.2 Å². The average molecular weight is 642 g/mol. The number of carbonyl (C=O) groups is 2. The molecule has 0 radical (unpaired) electrons. The summed E-state index contributed by atoms with van der Waals surface area (Å²) in [6.07, 6.45) is -4.79. The molecule has 4 aromatic rings. The third-order valence-corrected chi connectivity index (χ3v) is 8.78. The third kappa shape index (κ3) is 8.27. The predicted molar refractivity (Wildman–Crippen MR) is 162 cm³/mol. The Bertz CT molecular complexity index is 1720. The number of hydrogen-bond donors (Lipinski definition) is 1. The van der Waals surface area contributed by atoms with Gasteiger partial charge in [-0.3, -0.25) is 13.9 Å². The number of carbonyl (C=O) groups excluding carboxylic acids is 2. The number of anilines is 1. The highest BCUT2D eigenvalue weighted by Crippen LogP contribution is 2.33. The summed E-state index contributed by atoms with van der Waals surface area (Å²) >= 11 is 0. The highest BCUT2D eigenvalue weighted by molar-refractivity contribution is 7.92. The minimum atomic E-state index is -4.79. The molecule has 4 aromatic carbocycles. The van der Waals surface area contributed by atoms with E-state index in [0.717, 1.165) is 23.1 Å². The molecule has 12 heteroatoms. The minimum Gasteiger partial charge on any atom is -0.355 e. The second kappa shape index (κ2) is 14.4. The second-order valence-corrected chi connectivity index (χ2v) is 11.9. The molecule has 0 bridgehead atoms. The van der Waals surface area contributed by atoms with Crippen LogP contribution in [0.2, 0.25) is 0 Å². The lowest BCUT2D eigenvalue weighted by Gasteiger charge is -2.34. The Morgan fingerprint density at radius 1 is 0.844 bits per heavy atom. The molecule has 2 amide bonds. The van der Waals surface area contributed by atoms with Crippen molar-refractivity contribution in [2.24, 2.45) is 0 Å². The van der Waals surface area contributed by atoms with Crippen molar-refractivity contribution in [3.05, 3.63) is 132 Å². The number of amides is 2. The van der Waals surface area contributed by atoms with Crippen molar-refractivity contribution >= 4 is 27.5 Å². The van der Waals surface area contributed by atoms with Crippen LogP contribution in [-0.4, -0.2) is 44.3 Å². The Labute approximate surface area is 259 Å². The van der Waals surface area contributed by atoms with E-state index < -0.39 is 64.2 Å². The van der Waals surface area contributed by atoms with E-state index in [4.69, 9.17) is 0 Å². The van der Waals surface area contributed by atoms with E-state index in [-0.39, 0.29) is 23.4 Å². The van der Waals surface area contributed by atoms with Gasteiger partial charge in [-0.25, -0.2) is 12.8 Å². The van der Waals surface area contributed by atoms with Gasteiger partial charge in [0.05, 0.1) is 16.1 Å². The van der Waals surface area contributed by atoms with Crippen molar-refractivity contribution in [2.45, 2.75) is 37.0 Å². The van der Waals surface area contributed by atoms with Crippen LogP contribution in [0.4, 0.5) is 23.2 Å². The summed E-state index contributed by atoms with van der Waals surface area (Å²) in [7, 11) is -4.60. The van der Waals surface area contributed by atoms with E-state index in [2.05, 4.69) is 5.32 Å². The van der Waals surface area contributed by atoms with Gasteiger partial charge in [-0.05, 0) is 48.9 Å². The monoisotopic (exact) mass is 641 g/mol. The molecule has 0 aliphatic carbocycles. The zero-order valence-electron chi connectivity index (χ0n) is 24.2. The number of sulfonamides is 1. The first-order chi connectivity index (χ1) is 21.4. The Kier molecular flexibility index (Phi) is 10.6. The second-order valence-electron chi connectivity index (χ2n) is 10.1. The summed E-state index contributed by atoms with van der Waals surface area (Å²) < 4.78 is 84.3. The molecule has 0 aromatic heterocycles. The number of halogens is 4. The molecular formula is C33H31F4N3O4S. The lowest BCUT2D eigenvalue weighted by Crippen LogP contribution is -2.53. The minimum absolute atomic E-state index is 0.00185. The first-order valence-corrected chi connectivity index (χ1v) is 15.5. The van der Waals surface area contributed by atoms with Crippen LogP contribution < -0.4 is 9.62 Å². The van der Waals surface area contributed by atoms with Gasteiger partial charge in [0.25, 0.3) is 10.0 Å². The summed E-state index contributed by atoms with van der Waals surface area (Å²) in [5.41, 5.74) is -0.796. The summed E-state index contributed by atoms with van der Waals surface area (Å²) in [6.45, 7) is 0.506. The molecule has 0 saturated heterocycles. The molecule has 4 rings (SSSR count). The highest BCUT2D eigenvalue weighted by atomic mass is 32.2. The molecule has 236 valence electrons. The molecule has 45 heavy (non-hydrogen) atoms. The molecular weight excluding hydrogens is 610 g/mol. The van der Waals surface area contributed by atoms with Gasteiger partial charge >= 0.3 is 6.18 Å². The quantitative estimate of drug-likeness (QED) is 0.198. The number of hydrogen-bond acceptors (Lipinski definition) is 4. The maximum atomic E-state index is 14.9. The fourth-order valence-electron chi connectivity index (χ4n) is 4.74. The number of nitrogens with zero attached hydrogens (tertiary/aromatic N) is 2. The van der Waals surface area contributed by atoms with Crippen molar-refractivity contribution in [3.63, 3.8) is 0 Å². The summed E-state index contributed by atoms with van der Waals surface area (Å²) in [6, 6.07) is 23.7. The topological polar surface area (TPSA) is 86.8 Å². The molecule has 0 saturated carbocycles. The smallest absolute Gasteiger partial charge is 0.355 e. The predicted octanol–water partition coefficient (Wildman–Crippen LogP) is 5.82. The summed E-state index contributed by atoms with van der Waals surface area (Å²) in [5, 5.41) is 2.68. The van der Waals surface area contributed by atoms with E-state index in [1.807, 2.05) is 0 Å². The van der Waals surface area contributed by atoms with Crippen molar-refractivity contribution < 1.29 is 35.6 Å². The number of nitrogens with one attached hydrogen (secondary N) is 1. The molecule has 0 fully saturated rings. The average Bonchev–Trinajstić information content (AvgIpc) is 3.03. The van der Waals surface area contributed by atoms with Gasteiger partial charge in [0, 0.05) is 25.1 Å². The summed E-state index contributed by atoms with van der Waals surface area (Å²) in [4.78, 5) is 28.5. The molecule has 0 unspecified atom stereocenters. The standard InChI is InChI=1S/C33H31F4N3O4S/c1-2-38-32(42)30(20-24-12-5-3-6-13-24)39(22-25-14-9-10-19-29(25)34)31(41)23-40(45(43,44)28-17-7-4-8-18-28)27-16-11-15-26(21-27)33(35,36)37/h3-19,21,30H,2,20,22-23H2,1H3,(H,38,42)/t30-/m0/s1. The largest absolute Gasteiger partial charge is 0.416 e. The zero-order valence-corrected chi connectivity index (χ0v) is 25.1. The maximum Gasteiger partial charge on any atom is 0.416 e. The number of alkyl halides is 3. The Hall–Kier alpha value is -4.71. The van der Waals surface area contributed by atoms with Crippen LogP contribution in [0.3, 0.4) is 0 Å². The molecule has 1 N–H and O–H groups in total. The van der Waals surface area contributed by atoms with E-state index in [0.29, 0.717) is 15.9 Å². The number of rotatable bonds is 12. The normalized spacial score (nSPS) is 12.3. The Morgan fingerprint density at radius 2 is 1.47 bits per heavy atom. The van der Waals surface area contributed by atoms with E-state index in [1.54, 1.807) is 49.4 Å². The molecule has 0 aliphatic rings. The molecule has 7 nitrogen and oxygen atoms in total. The lowest BCUT2D eigenvalue weighted by atomic mass is 10.0. The van der Waals surface area contributed by atoms with Crippen LogP contribution >= 0.6 is 0 Å². The van der Waals surface area contributed by atoms with Crippen molar-refractivity contribution in [1.29, 1.82) is 0 Å². The first-order valence-electron chi connectivity index (χ1n) is 14.0. The zero-order chi connectivity index (χ0) is 32.6. The van der Waals surface area contributed by atoms with Gasteiger partial charge in [-0.15, -0.1) is 0 Å². The van der Waals surface area contributed by atoms with Gasteiger partial charge in [0.15, 0.2) is 0 Å². The molecule has 1 atom stereocenters. The van der Waals surface area contributed by atoms with E-state index in [9.17, 15) is 35.6 Å².